The first-order valence-corrected chi connectivity index (χ1v) is 8.10. The zero-order valence-electron chi connectivity index (χ0n) is 11.0. The van der Waals surface area contributed by atoms with Crippen molar-refractivity contribution < 1.29 is 4.39 Å². The highest BCUT2D eigenvalue weighted by molar-refractivity contribution is 9.09. The second kappa shape index (κ2) is 5.87. The predicted octanol–water partition coefficient (Wildman–Crippen LogP) is 5.72. The molecule has 1 aliphatic rings. The van der Waals surface area contributed by atoms with Crippen LogP contribution in [-0.2, 0) is 12.8 Å². The van der Waals surface area contributed by atoms with Crippen LogP contribution in [0.2, 0.25) is 5.02 Å². The summed E-state index contributed by atoms with van der Waals surface area (Å²) in [5, 5.41) is 0.454. The standard InChI is InChI=1S/C17H15BrClF/c18-17-13(6-5-11-3-1-2-4-15(11)17)9-12-7-8-14(19)10-16(12)20/h1-4,7-8,10,13,17H,5-6,9H2. The molecule has 0 bridgehead atoms. The molecule has 2 aromatic rings. The van der Waals surface area contributed by atoms with Gasteiger partial charge in [-0.25, -0.2) is 4.39 Å². The summed E-state index contributed by atoms with van der Waals surface area (Å²) in [6.07, 6.45) is 2.89. The maximum atomic E-state index is 13.9. The van der Waals surface area contributed by atoms with Gasteiger partial charge in [0.25, 0.3) is 0 Å². The Bertz CT molecular complexity index is 626. The number of aryl methyl sites for hydroxylation is 1. The van der Waals surface area contributed by atoms with Crippen LogP contribution in [-0.4, -0.2) is 0 Å². The summed E-state index contributed by atoms with van der Waals surface area (Å²) in [5.41, 5.74) is 3.50. The molecule has 0 heterocycles. The Morgan fingerprint density at radius 1 is 1.20 bits per heavy atom. The minimum atomic E-state index is -0.198. The second-order valence-electron chi connectivity index (χ2n) is 5.34. The maximum Gasteiger partial charge on any atom is 0.127 e. The van der Waals surface area contributed by atoms with E-state index in [0.29, 0.717) is 15.8 Å². The first-order chi connectivity index (χ1) is 9.65. The van der Waals surface area contributed by atoms with Crippen LogP contribution in [0.5, 0.6) is 0 Å². The monoisotopic (exact) mass is 352 g/mol. The van der Waals surface area contributed by atoms with Crippen molar-refractivity contribution in [3.8, 4) is 0 Å². The molecule has 0 amide bonds. The lowest BCUT2D eigenvalue weighted by atomic mass is 9.80. The van der Waals surface area contributed by atoms with Gasteiger partial charge in [-0.05, 0) is 54.0 Å². The molecular weight excluding hydrogens is 339 g/mol. The number of rotatable bonds is 2. The summed E-state index contributed by atoms with van der Waals surface area (Å²) in [5.74, 6) is 0.219. The van der Waals surface area contributed by atoms with Crippen molar-refractivity contribution in [2.45, 2.75) is 24.1 Å². The lowest BCUT2D eigenvalue weighted by Crippen LogP contribution is -2.19. The molecule has 0 N–H and O–H groups in total. The molecule has 0 aliphatic heterocycles. The molecule has 0 radical (unpaired) electrons. The van der Waals surface area contributed by atoms with Gasteiger partial charge in [-0.1, -0.05) is 57.9 Å². The fraction of sp³-hybridized carbons (Fsp3) is 0.294. The van der Waals surface area contributed by atoms with Crippen molar-refractivity contribution in [3.63, 3.8) is 0 Å². The number of benzene rings is 2. The van der Waals surface area contributed by atoms with Gasteiger partial charge in [-0.2, -0.15) is 0 Å². The van der Waals surface area contributed by atoms with Crippen molar-refractivity contribution in [2.24, 2.45) is 5.92 Å². The summed E-state index contributed by atoms with van der Waals surface area (Å²) in [6, 6.07) is 13.5. The number of fused-ring (bicyclic) bond motifs is 1. The van der Waals surface area contributed by atoms with E-state index >= 15 is 0 Å². The minimum Gasteiger partial charge on any atom is -0.207 e. The Kier molecular flexibility index (Phi) is 4.13. The van der Waals surface area contributed by atoms with Crippen molar-refractivity contribution in [2.75, 3.05) is 0 Å². The van der Waals surface area contributed by atoms with Gasteiger partial charge in [-0.15, -0.1) is 0 Å². The largest absolute Gasteiger partial charge is 0.207 e. The van der Waals surface area contributed by atoms with Crippen LogP contribution in [0.25, 0.3) is 0 Å². The molecule has 1 aliphatic carbocycles. The lowest BCUT2D eigenvalue weighted by molar-refractivity contribution is 0.443. The quantitative estimate of drug-likeness (QED) is 0.606. The van der Waals surface area contributed by atoms with E-state index in [4.69, 9.17) is 11.6 Å². The van der Waals surface area contributed by atoms with Gasteiger partial charge in [0.15, 0.2) is 0 Å². The highest BCUT2D eigenvalue weighted by Gasteiger charge is 2.27. The number of hydrogen-bond donors (Lipinski definition) is 0. The molecule has 20 heavy (non-hydrogen) atoms. The smallest absolute Gasteiger partial charge is 0.127 e. The third kappa shape index (κ3) is 2.77. The van der Waals surface area contributed by atoms with Crippen LogP contribution < -0.4 is 0 Å². The van der Waals surface area contributed by atoms with E-state index < -0.39 is 0 Å². The Morgan fingerprint density at radius 3 is 2.80 bits per heavy atom. The van der Waals surface area contributed by atoms with E-state index in [1.165, 1.54) is 17.2 Å². The highest BCUT2D eigenvalue weighted by Crippen LogP contribution is 2.42. The first kappa shape index (κ1) is 14.1. The van der Waals surface area contributed by atoms with E-state index in [-0.39, 0.29) is 5.82 Å². The van der Waals surface area contributed by atoms with Crippen molar-refractivity contribution >= 4 is 27.5 Å². The van der Waals surface area contributed by atoms with E-state index in [1.807, 2.05) is 0 Å². The average Bonchev–Trinajstić information content (AvgIpc) is 2.45. The van der Waals surface area contributed by atoms with Gasteiger partial charge < -0.3 is 0 Å². The van der Waals surface area contributed by atoms with Crippen LogP contribution >= 0.6 is 27.5 Å². The highest BCUT2D eigenvalue weighted by atomic mass is 79.9. The molecule has 104 valence electrons. The van der Waals surface area contributed by atoms with Gasteiger partial charge in [0.1, 0.15) is 5.82 Å². The summed E-state index contributed by atoms with van der Waals surface area (Å²) < 4.78 is 13.9. The van der Waals surface area contributed by atoms with Gasteiger partial charge in [0.05, 0.1) is 0 Å². The van der Waals surface area contributed by atoms with Gasteiger partial charge in [0.2, 0.25) is 0 Å². The molecule has 2 atom stereocenters. The van der Waals surface area contributed by atoms with Crippen molar-refractivity contribution in [1.82, 2.24) is 0 Å². The van der Waals surface area contributed by atoms with Gasteiger partial charge in [0, 0.05) is 9.85 Å². The van der Waals surface area contributed by atoms with E-state index in [9.17, 15) is 4.39 Å². The molecule has 0 aromatic heterocycles. The molecule has 0 spiro atoms. The fourth-order valence-corrected chi connectivity index (χ4v) is 4.00. The summed E-state index contributed by atoms with van der Waals surface area (Å²) in [7, 11) is 0. The molecule has 0 fully saturated rings. The Labute approximate surface area is 132 Å². The maximum absolute atomic E-state index is 13.9. The van der Waals surface area contributed by atoms with Crippen molar-refractivity contribution in [1.29, 1.82) is 0 Å². The minimum absolute atomic E-state index is 0.198. The molecule has 0 nitrogen and oxygen atoms in total. The first-order valence-electron chi connectivity index (χ1n) is 6.81. The summed E-state index contributed by atoms with van der Waals surface area (Å²) >= 11 is 9.61. The molecule has 0 saturated heterocycles. The van der Waals surface area contributed by atoms with Crippen LogP contribution in [0.3, 0.4) is 0 Å². The van der Waals surface area contributed by atoms with Gasteiger partial charge >= 0.3 is 0 Å². The molecule has 2 unspecified atom stereocenters. The van der Waals surface area contributed by atoms with E-state index in [2.05, 4.69) is 40.2 Å². The van der Waals surface area contributed by atoms with Crippen LogP contribution in [0.15, 0.2) is 42.5 Å². The number of alkyl halides is 1. The SMILES string of the molecule is Fc1cc(Cl)ccc1CC1CCc2ccccc2C1Br. The van der Waals surface area contributed by atoms with E-state index in [0.717, 1.165) is 24.8 Å². The zero-order valence-corrected chi connectivity index (χ0v) is 13.3. The average molecular weight is 354 g/mol. The molecular formula is C17H15BrClF. The molecule has 2 aromatic carbocycles. The van der Waals surface area contributed by atoms with Crippen LogP contribution in [0, 0.1) is 11.7 Å². The molecule has 3 heteroatoms. The lowest BCUT2D eigenvalue weighted by Gasteiger charge is -2.30. The third-order valence-corrected chi connectivity index (χ3v) is 5.52. The topological polar surface area (TPSA) is 0 Å². The third-order valence-electron chi connectivity index (χ3n) is 4.05. The normalized spacial score (nSPS) is 21.6. The van der Waals surface area contributed by atoms with E-state index in [1.54, 1.807) is 12.1 Å². The predicted molar refractivity (Wildman–Crippen MR) is 85.0 cm³/mol. The van der Waals surface area contributed by atoms with Crippen molar-refractivity contribution in [3.05, 3.63) is 70.0 Å². The Balaban J connectivity index is 1.83. The Morgan fingerprint density at radius 2 is 2.00 bits per heavy atom. The van der Waals surface area contributed by atoms with Crippen LogP contribution in [0.1, 0.15) is 27.9 Å². The number of hydrogen-bond acceptors (Lipinski definition) is 0. The van der Waals surface area contributed by atoms with Gasteiger partial charge in [-0.3, -0.25) is 0 Å². The second-order valence-corrected chi connectivity index (χ2v) is 6.76. The summed E-state index contributed by atoms with van der Waals surface area (Å²) in [6.45, 7) is 0. The number of halogens is 3. The fourth-order valence-electron chi connectivity index (χ4n) is 2.95. The molecule has 3 rings (SSSR count). The molecule has 0 saturated carbocycles. The zero-order chi connectivity index (χ0) is 14.1. The Hall–Kier alpha value is -0.860. The van der Waals surface area contributed by atoms with Crippen LogP contribution in [0.4, 0.5) is 4.39 Å². The summed E-state index contributed by atoms with van der Waals surface area (Å²) in [4.78, 5) is 0.294.